The van der Waals surface area contributed by atoms with Crippen LogP contribution in [0.25, 0.3) is 11.0 Å². The molecular formula is C14H15N5S. The van der Waals surface area contributed by atoms with Gasteiger partial charge >= 0.3 is 0 Å². The van der Waals surface area contributed by atoms with Gasteiger partial charge in [-0.1, -0.05) is 0 Å². The van der Waals surface area contributed by atoms with Gasteiger partial charge in [0.2, 0.25) is 0 Å². The minimum absolute atomic E-state index is 0.706. The molecule has 6 heteroatoms. The second-order valence-corrected chi connectivity index (χ2v) is 5.68. The van der Waals surface area contributed by atoms with E-state index in [0.29, 0.717) is 5.16 Å². The molecule has 2 aromatic heterocycles. The first-order valence-electron chi connectivity index (χ1n) is 6.28. The van der Waals surface area contributed by atoms with Crippen LogP contribution in [0.3, 0.4) is 0 Å². The van der Waals surface area contributed by atoms with Crippen molar-refractivity contribution in [1.29, 1.82) is 0 Å². The van der Waals surface area contributed by atoms with Gasteiger partial charge in [0.25, 0.3) is 0 Å². The Bertz CT molecular complexity index is 770. The number of nitrogens with zero attached hydrogens (tertiary/aromatic N) is 3. The summed E-state index contributed by atoms with van der Waals surface area (Å²) in [4.78, 5) is 16.7. The van der Waals surface area contributed by atoms with E-state index in [1.165, 1.54) is 11.8 Å². The normalized spacial score (nSPS) is 11.2. The van der Waals surface area contributed by atoms with Crippen LogP contribution in [0.4, 0.5) is 5.69 Å². The van der Waals surface area contributed by atoms with Gasteiger partial charge in [-0.25, -0.2) is 15.0 Å². The van der Waals surface area contributed by atoms with Gasteiger partial charge in [-0.3, -0.25) is 0 Å². The number of imidazole rings is 1. The van der Waals surface area contributed by atoms with Crippen LogP contribution >= 0.6 is 11.8 Å². The quantitative estimate of drug-likeness (QED) is 0.559. The van der Waals surface area contributed by atoms with Crippen LogP contribution in [0, 0.1) is 20.8 Å². The molecule has 0 spiro atoms. The molecule has 0 unspecified atom stereocenters. The van der Waals surface area contributed by atoms with Crippen molar-refractivity contribution in [2.75, 3.05) is 5.73 Å². The van der Waals surface area contributed by atoms with Gasteiger partial charge in [-0.15, -0.1) is 0 Å². The molecule has 3 rings (SSSR count). The highest BCUT2D eigenvalue weighted by atomic mass is 32.2. The number of nitrogens with one attached hydrogen (secondary N) is 1. The highest BCUT2D eigenvalue weighted by Gasteiger charge is 2.09. The lowest BCUT2D eigenvalue weighted by Crippen LogP contribution is -1.98. The lowest BCUT2D eigenvalue weighted by atomic mass is 10.2. The molecule has 2 heterocycles. The third-order valence-corrected chi connectivity index (χ3v) is 4.04. The van der Waals surface area contributed by atoms with Gasteiger partial charge in [0.05, 0.1) is 11.0 Å². The van der Waals surface area contributed by atoms with Crippen molar-refractivity contribution in [3.8, 4) is 0 Å². The van der Waals surface area contributed by atoms with Crippen LogP contribution in [0.15, 0.2) is 28.5 Å². The Morgan fingerprint density at radius 3 is 2.45 bits per heavy atom. The third kappa shape index (κ3) is 2.34. The number of aryl methyl sites for hydroxylation is 2. The predicted octanol–water partition coefficient (Wildman–Crippen LogP) is 3.01. The Morgan fingerprint density at radius 1 is 1.05 bits per heavy atom. The monoisotopic (exact) mass is 285 g/mol. The van der Waals surface area contributed by atoms with Gasteiger partial charge < -0.3 is 10.7 Å². The summed E-state index contributed by atoms with van der Waals surface area (Å²) in [5, 5.41) is 1.48. The summed E-state index contributed by atoms with van der Waals surface area (Å²) in [7, 11) is 0. The molecule has 0 fully saturated rings. The Labute approximate surface area is 121 Å². The summed E-state index contributed by atoms with van der Waals surface area (Å²) in [5.74, 6) is 0. The second-order valence-electron chi connectivity index (χ2n) is 4.72. The van der Waals surface area contributed by atoms with Crippen molar-refractivity contribution in [2.45, 2.75) is 31.1 Å². The molecule has 0 amide bonds. The van der Waals surface area contributed by atoms with Gasteiger partial charge in [0.15, 0.2) is 10.3 Å². The topological polar surface area (TPSA) is 80.5 Å². The van der Waals surface area contributed by atoms with E-state index in [1.54, 1.807) is 0 Å². The Hall–Kier alpha value is -2.08. The van der Waals surface area contributed by atoms with Gasteiger partial charge in [0, 0.05) is 17.1 Å². The zero-order chi connectivity index (χ0) is 14.3. The predicted molar refractivity (Wildman–Crippen MR) is 80.9 cm³/mol. The SMILES string of the molecule is Cc1nc(Sc2nc3ccc(N)cc3[nH]2)nc(C)c1C. The summed E-state index contributed by atoms with van der Waals surface area (Å²) >= 11 is 1.43. The van der Waals surface area contributed by atoms with Crippen molar-refractivity contribution in [1.82, 2.24) is 19.9 Å². The fourth-order valence-electron chi connectivity index (χ4n) is 1.93. The highest BCUT2D eigenvalue weighted by Crippen LogP contribution is 2.26. The van der Waals surface area contributed by atoms with Gasteiger partial charge in [-0.2, -0.15) is 0 Å². The molecule has 0 bridgehead atoms. The van der Waals surface area contributed by atoms with Crippen molar-refractivity contribution in [2.24, 2.45) is 0 Å². The van der Waals surface area contributed by atoms with Crippen LogP contribution in [-0.2, 0) is 0 Å². The molecule has 0 radical (unpaired) electrons. The fourth-order valence-corrected chi connectivity index (χ4v) is 2.77. The van der Waals surface area contributed by atoms with E-state index >= 15 is 0 Å². The first kappa shape index (κ1) is 12.9. The molecular weight excluding hydrogens is 270 g/mol. The molecule has 0 aliphatic carbocycles. The van der Waals surface area contributed by atoms with Crippen molar-refractivity contribution in [3.05, 3.63) is 35.2 Å². The number of fused-ring (bicyclic) bond motifs is 1. The van der Waals surface area contributed by atoms with E-state index in [1.807, 2.05) is 39.0 Å². The minimum atomic E-state index is 0.706. The summed E-state index contributed by atoms with van der Waals surface area (Å²) in [6.07, 6.45) is 0. The molecule has 3 aromatic rings. The average Bonchev–Trinajstić information content (AvgIpc) is 2.77. The minimum Gasteiger partial charge on any atom is -0.399 e. The standard InChI is InChI=1S/C14H15N5S/c1-7-8(2)16-13(17-9(7)3)20-14-18-11-5-4-10(15)6-12(11)19-14/h4-6H,15H2,1-3H3,(H,18,19). The van der Waals surface area contributed by atoms with E-state index < -0.39 is 0 Å². The van der Waals surface area contributed by atoms with Crippen LogP contribution in [0.1, 0.15) is 17.0 Å². The number of aromatic nitrogens is 4. The molecule has 102 valence electrons. The molecule has 1 aromatic carbocycles. The van der Waals surface area contributed by atoms with Crippen LogP contribution in [0.5, 0.6) is 0 Å². The number of nitrogen functional groups attached to an aromatic ring is 1. The summed E-state index contributed by atoms with van der Waals surface area (Å²) in [5.41, 5.74) is 11.4. The molecule has 0 saturated heterocycles. The molecule has 0 aliphatic rings. The first-order valence-corrected chi connectivity index (χ1v) is 7.09. The van der Waals surface area contributed by atoms with Crippen LogP contribution in [-0.4, -0.2) is 19.9 Å². The maximum absolute atomic E-state index is 5.76. The largest absolute Gasteiger partial charge is 0.399 e. The van der Waals surface area contributed by atoms with Crippen molar-refractivity contribution < 1.29 is 0 Å². The maximum atomic E-state index is 5.76. The average molecular weight is 285 g/mol. The van der Waals surface area contributed by atoms with Gasteiger partial charge in [0.1, 0.15) is 0 Å². The first-order chi connectivity index (χ1) is 9.52. The maximum Gasteiger partial charge on any atom is 0.195 e. The van der Waals surface area contributed by atoms with E-state index in [9.17, 15) is 0 Å². The van der Waals surface area contributed by atoms with Crippen LogP contribution in [0.2, 0.25) is 0 Å². The zero-order valence-electron chi connectivity index (χ0n) is 11.6. The van der Waals surface area contributed by atoms with E-state index in [2.05, 4.69) is 19.9 Å². The lowest BCUT2D eigenvalue weighted by Gasteiger charge is -2.05. The number of H-pyrrole nitrogens is 1. The lowest BCUT2D eigenvalue weighted by molar-refractivity contribution is 0.876. The molecule has 0 atom stereocenters. The zero-order valence-corrected chi connectivity index (χ0v) is 12.4. The van der Waals surface area contributed by atoms with Crippen molar-refractivity contribution >= 4 is 28.5 Å². The number of nitrogens with two attached hydrogens (primary N) is 1. The molecule has 20 heavy (non-hydrogen) atoms. The number of aromatic amines is 1. The number of hydrogen-bond acceptors (Lipinski definition) is 5. The van der Waals surface area contributed by atoms with Gasteiger partial charge in [-0.05, 0) is 56.3 Å². The summed E-state index contributed by atoms with van der Waals surface area (Å²) < 4.78 is 0. The number of benzene rings is 1. The Morgan fingerprint density at radius 2 is 1.75 bits per heavy atom. The van der Waals surface area contributed by atoms with E-state index in [4.69, 9.17) is 5.73 Å². The van der Waals surface area contributed by atoms with E-state index in [0.717, 1.165) is 38.8 Å². The Balaban J connectivity index is 1.96. The van der Waals surface area contributed by atoms with E-state index in [-0.39, 0.29) is 0 Å². The molecule has 3 N–H and O–H groups in total. The Kier molecular flexibility index (Phi) is 3.10. The molecule has 0 saturated carbocycles. The number of rotatable bonds is 2. The van der Waals surface area contributed by atoms with Crippen molar-refractivity contribution in [3.63, 3.8) is 0 Å². The second kappa shape index (κ2) is 4.79. The summed E-state index contributed by atoms with van der Waals surface area (Å²) in [6.45, 7) is 6.02. The molecule has 0 aliphatic heterocycles. The van der Waals surface area contributed by atoms with Crippen LogP contribution < -0.4 is 5.73 Å². The number of hydrogen-bond donors (Lipinski definition) is 2. The highest BCUT2D eigenvalue weighted by molar-refractivity contribution is 7.99. The third-order valence-electron chi connectivity index (χ3n) is 3.28. The molecule has 5 nitrogen and oxygen atoms in total. The fraction of sp³-hybridized carbons (Fsp3) is 0.214. The number of anilines is 1. The summed E-state index contributed by atoms with van der Waals surface area (Å²) in [6, 6.07) is 5.62. The smallest absolute Gasteiger partial charge is 0.195 e.